The van der Waals surface area contributed by atoms with E-state index in [9.17, 15) is 4.79 Å². The number of ether oxygens (including phenoxy) is 1. The van der Waals surface area contributed by atoms with E-state index in [4.69, 9.17) is 4.74 Å². The van der Waals surface area contributed by atoms with Gasteiger partial charge in [-0.3, -0.25) is 0 Å². The number of aromatic nitrogens is 1. The van der Waals surface area contributed by atoms with E-state index in [2.05, 4.69) is 34.7 Å². The number of urea groups is 1. The Morgan fingerprint density at radius 3 is 2.64 bits per heavy atom. The number of fused-ring (bicyclic) bond motifs is 1. The van der Waals surface area contributed by atoms with Crippen LogP contribution in [0.2, 0.25) is 0 Å². The number of carbonyl (C=O) groups excluding carboxylic acids is 1. The quantitative estimate of drug-likeness (QED) is 0.630. The Hall–Kier alpha value is -2.95. The van der Waals surface area contributed by atoms with Crippen LogP contribution >= 0.6 is 0 Å². The van der Waals surface area contributed by atoms with Crippen LogP contribution < -0.4 is 15.4 Å². The molecule has 0 radical (unpaired) electrons. The van der Waals surface area contributed by atoms with Crippen molar-refractivity contribution >= 4 is 22.6 Å². The van der Waals surface area contributed by atoms with Crippen LogP contribution in [0, 0.1) is 6.92 Å². The summed E-state index contributed by atoms with van der Waals surface area (Å²) in [5, 5.41) is 6.95. The fourth-order valence-corrected chi connectivity index (χ4v) is 2.93. The Morgan fingerprint density at radius 2 is 1.88 bits per heavy atom. The third kappa shape index (κ3) is 4.12. The summed E-state index contributed by atoms with van der Waals surface area (Å²) in [5.74, 6) is 0.795. The Balaban J connectivity index is 1.53. The van der Waals surface area contributed by atoms with E-state index in [-0.39, 0.29) is 6.03 Å². The van der Waals surface area contributed by atoms with Gasteiger partial charge in [0, 0.05) is 28.8 Å². The van der Waals surface area contributed by atoms with Crippen LogP contribution in [0.5, 0.6) is 5.75 Å². The molecule has 0 saturated heterocycles. The molecule has 0 atom stereocenters. The first-order valence-corrected chi connectivity index (χ1v) is 8.51. The lowest BCUT2D eigenvalue weighted by Gasteiger charge is -2.09. The Bertz CT molecular complexity index is 853. The fraction of sp³-hybridized carbons (Fsp3) is 0.250. The van der Waals surface area contributed by atoms with Crippen molar-refractivity contribution in [1.29, 1.82) is 0 Å². The molecule has 130 valence electrons. The summed E-state index contributed by atoms with van der Waals surface area (Å²) < 4.78 is 5.39. The molecule has 0 saturated carbocycles. The number of aryl methyl sites for hydroxylation is 1. The van der Waals surface area contributed by atoms with Crippen molar-refractivity contribution in [3.8, 4) is 5.75 Å². The normalized spacial score (nSPS) is 10.6. The summed E-state index contributed by atoms with van der Waals surface area (Å²) in [6.45, 7) is 5.20. The molecule has 3 rings (SSSR count). The van der Waals surface area contributed by atoms with Gasteiger partial charge >= 0.3 is 6.03 Å². The van der Waals surface area contributed by atoms with Crippen LogP contribution in [0.1, 0.15) is 18.2 Å². The first kappa shape index (κ1) is 16.9. The number of amides is 2. The molecule has 0 aliphatic heterocycles. The highest BCUT2D eigenvalue weighted by atomic mass is 16.5. The maximum atomic E-state index is 12.0. The van der Waals surface area contributed by atoms with Crippen LogP contribution in [0.25, 0.3) is 10.9 Å². The summed E-state index contributed by atoms with van der Waals surface area (Å²) in [6, 6.07) is 15.4. The SMILES string of the molecule is CCOc1ccc(NC(=O)NCCc2c(C)[nH]c3ccccc23)cc1. The lowest BCUT2D eigenvalue weighted by atomic mass is 10.1. The van der Waals surface area contributed by atoms with E-state index < -0.39 is 0 Å². The predicted octanol–water partition coefficient (Wildman–Crippen LogP) is 4.24. The predicted molar refractivity (Wildman–Crippen MR) is 101 cm³/mol. The van der Waals surface area contributed by atoms with Crippen molar-refractivity contribution in [2.24, 2.45) is 0 Å². The highest BCUT2D eigenvalue weighted by Crippen LogP contribution is 2.22. The second-order valence-corrected chi connectivity index (χ2v) is 5.86. The zero-order chi connectivity index (χ0) is 17.6. The number of hydrogen-bond acceptors (Lipinski definition) is 2. The molecule has 3 aromatic rings. The van der Waals surface area contributed by atoms with Gasteiger partial charge in [0.05, 0.1) is 6.61 Å². The van der Waals surface area contributed by atoms with Crippen LogP contribution in [-0.2, 0) is 6.42 Å². The molecule has 0 aliphatic carbocycles. The molecule has 5 heteroatoms. The number of hydrogen-bond donors (Lipinski definition) is 3. The van der Waals surface area contributed by atoms with E-state index in [0.717, 1.165) is 29.1 Å². The number of carbonyl (C=O) groups is 1. The summed E-state index contributed by atoms with van der Waals surface area (Å²) >= 11 is 0. The smallest absolute Gasteiger partial charge is 0.319 e. The van der Waals surface area contributed by atoms with Crippen LogP contribution in [0.3, 0.4) is 0 Å². The minimum absolute atomic E-state index is 0.207. The van der Waals surface area contributed by atoms with Gasteiger partial charge in [0.15, 0.2) is 0 Å². The molecule has 3 N–H and O–H groups in total. The van der Waals surface area contributed by atoms with Crippen LogP contribution in [0.15, 0.2) is 48.5 Å². The second kappa shape index (κ2) is 7.75. The molecule has 1 aromatic heterocycles. The molecule has 2 amide bonds. The minimum Gasteiger partial charge on any atom is -0.494 e. The third-order valence-corrected chi connectivity index (χ3v) is 4.11. The zero-order valence-corrected chi connectivity index (χ0v) is 14.6. The van der Waals surface area contributed by atoms with Gasteiger partial charge in [0.25, 0.3) is 0 Å². The van der Waals surface area contributed by atoms with Crippen LogP contribution in [-0.4, -0.2) is 24.2 Å². The number of nitrogens with one attached hydrogen (secondary N) is 3. The number of benzene rings is 2. The average Bonchev–Trinajstić information content (AvgIpc) is 2.93. The van der Waals surface area contributed by atoms with Gasteiger partial charge in [-0.15, -0.1) is 0 Å². The number of anilines is 1. The lowest BCUT2D eigenvalue weighted by Crippen LogP contribution is -2.30. The summed E-state index contributed by atoms with van der Waals surface area (Å²) in [5.41, 5.74) is 4.27. The van der Waals surface area contributed by atoms with Gasteiger partial charge in [-0.1, -0.05) is 18.2 Å². The molecular weight excluding hydrogens is 314 g/mol. The first-order valence-electron chi connectivity index (χ1n) is 8.51. The maximum Gasteiger partial charge on any atom is 0.319 e. The van der Waals surface area contributed by atoms with E-state index >= 15 is 0 Å². The van der Waals surface area contributed by atoms with Crippen molar-refractivity contribution in [2.45, 2.75) is 20.3 Å². The van der Waals surface area contributed by atoms with Crippen molar-refractivity contribution in [2.75, 3.05) is 18.5 Å². The average molecular weight is 337 g/mol. The molecule has 25 heavy (non-hydrogen) atoms. The van der Waals surface area contributed by atoms with Gasteiger partial charge in [-0.25, -0.2) is 4.79 Å². The molecule has 0 spiro atoms. The fourth-order valence-electron chi connectivity index (χ4n) is 2.93. The molecule has 0 aliphatic rings. The number of para-hydroxylation sites is 1. The Morgan fingerprint density at radius 1 is 1.12 bits per heavy atom. The van der Waals surface area contributed by atoms with E-state index in [1.165, 1.54) is 10.9 Å². The lowest BCUT2D eigenvalue weighted by molar-refractivity contribution is 0.252. The Labute approximate surface area is 147 Å². The number of rotatable bonds is 6. The van der Waals surface area contributed by atoms with Gasteiger partial charge in [0.2, 0.25) is 0 Å². The zero-order valence-electron chi connectivity index (χ0n) is 14.6. The van der Waals surface area contributed by atoms with Crippen LogP contribution in [0.4, 0.5) is 10.5 Å². The standard InChI is InChI=1S/C20H23N3O2/c1-3-25-16-10-8-15(9-11-16)23-20(24)21-13-12-17-14(2)22-19-7-5-4-6-18(17)19/h4-11,22H,3,12-13H2,1-2H3,(H2,21,23,24). The van der Waals surface area contributed by atoms with Crippen molar-refractivity contribution in [1.82, 2.24) is 10.3 Å². The minimum atomic E-state index is -0.207. The van der Waals surface area contributed by atoms with E-state index in [0.29, 0.717) is 13.2 Å². The second-order valence-electron chi connectivity index (χ2n) is 5.86. The third-order valence-electron chi connectivity index (χ3n) is 4.11. The first-order chi connectivity index (χ1) is 12.2. The van der Waals surface area contributed by atoms with Gasteiger partial charge in [-0.05, 0) is 56.2 Å². The van der Waals surface area contributed by atoms with Gasteiger partial charge in [0.1, 0.15) is 5.75 Å². The molecule has 1 heterocycles. The monoisotopic (exact) mass is 337 g/mol. The molecule has 2 aromatic carbocycles. The Kier molecular flexibility index (Phi) is 5.23. The highest BCUT2D eigenvalue weighted by molar-refractivity contribution is 5.89. The summed E-state index contributed by atoms with van der Waals surface area (Å²) in [7, 11) is 0. The summed E-state index contributed by atoms with van der Waals surface area (Å²) in [6.07, 6.45) is 0.784. The summed E-state index contributed by atoms with van der Waals surface area (Å²) in [4.78, 5) is 15.4. The maximum absolute atomic E-state index is 12.0. The molecular formula is C20H23N3O2. The molecule has 5 nitrogen and oxygen atoms in total. The highest BCUT2D eigenvalue weighted by Gasteiger charge is 2.08. The topological polar surface area (TPSA) is 66.2 Å². The molecule has 0 fully saturated rings. The molecule has 0 unspecified atom stereocenters. The largest absolute Gasteiger partial charge is 0.494 e. The number of aromatic amines is 1. The van der Waals surface area contributed by atoms with Crippen molar-refractivity contribution in [3.63, 3.8) is 0 Å². The van der Waals surface area contributed by atoms with Gasteiger partial charge < -0.3 is 20.4 Å². The van der Waals surface area contributed by atoms with E-state index in [1.54, 1.807) is 0 Å². The van der Waals surface area contributed by atoms with E-state index in [1.807, 2.05) is 43.3 Å². The molecule has 0 bridgehead atoms. The van der Waals surface area contributed by atoms with Crippen molar-refractivity contribution in [3.05, 3.63) is 59.8 Å². The number of H-pyrrole nitrogens is 1. The van der Waals surface area contributed by atoms with Crippen molar-refractivity contribution < 1.29 is 9.53 Å². The van der Waals surface area contributed by atoms with Gasteiger partial charge in [-0.2, -0.15) is 0 Å².